The van der Waals surface area contributed by atoms with Crippen LogP contribution in [0.1, 0.15) is 10.4 Å². The Balaban J connectivity index is 2.70. The van der Waals surface area contributed by atoms with Crippen LogP contribution in [-0.2, 0) is 0 Å². The number of pyridine rings is 1. The molecule has 19 heavy (non-hydrogen) atoms. The van der Waals surface area contributed by atoms with Crippen LogP contribution in [0.4, 0.5) is 5.69 Å². The summed E-state index contributed by atoms with van der Waals surface area (Å²) in [7, 11) is 0. The lowest BCUT2D eigenvalue weighted by Crippen LogP contribution is -2.04. The average molecular weight is 318 g/mol. The molecule has 7 heteroatoms. The van der Waals surface area contributed by atoms with Gasteiger partial charge in [0.05, 0.1) is 38.2 Å². The largest absolute Gasteiger partial charge is 0.478 e. The van der Waals surface area contributed by atoms with Crippen molar-refractivity contribution in [1.82, 2.24) is 4.98 Å². The Morgan fingerprint density at radius 2 is 1.84 bits per heavy atom. The zero-order valence-electron chi connectivity index (χ0n) is 9.32. The molecule has 0 fully saturated rings. The molecule has 0 radical (unpaired) electrons. The van der Waals surface area contributed by atoms with Crippen molar-refractivity contribution in [3.05, 3.63) is 45.0 Å². The van der Waals surface area contributed by atoms with Gasteiger partial charge in [-0.25, -0.2) is 4.79 Å². The summed E-state index contributed by atoms with van der Waals surface area (Å²) in [5.74, 6) is -1.16. The van der Waals surface area contributed by atoms with Crippen molar-refractivity contribution >= 4 is 46.5 Å². The maximum atomic E-state index is 11.0. The zero-order chi connectivity index (χ0) is 14.2. The number of hydrogen-bond donors (Lipinski definition) is 2. The number of anilines is 1. The number of nitrogens with zero attached hydrogens (tertiary/aromatic N) is 1. The SMILES string of the molecule is Nc1cnc(-c2c(Cl)ccc(Cl)c2Cl)cc1C(=O)O. The summed E-state index contributed by atoms with van der Waals surface area (Å²) in [5, 5.41) is 9.87. The van der Waals surface area contributed by atoms with Gasteiger partial charge in [0.25, 0.3) is 0 Å². The van der Waals surface area contributed by atoms with Gasteiger partial charge in [-0.2, -0.15) is 0 Å². The van der Waals surface area contributed by atoms with Gasteiger partial charge in [-0.1, -0.05) is 34.8 Å². The highest BCUT2D eigenvalue weighted by Gasteiger charge is 2.16. The fourth-order valence-corrected chi connectivity index (χ4v) is 2.27. The molecule has 1 aromatic heterocycles. The summed E-state index contributed by atoms with van der Waals surface area (Å²) in [4.78, 5) is 15.1. The Labute approximate surface area is 123 Å². The molecule has 2 rings (SSSR count). The van der Waals surface area contributed by atoms with Crippen LogP contribution in [-0.4, -0.2) is 16.1 Å². The van der Waals surface area contributed by atoms with Crippen LogP contribution in [0.3, 0.4) is 0 Å². The molecular formula is C12H7Cl3N2O2. The van der Waals surface area contributed by atoms with Crippen molar-refractivity contribution in [1.29, 1.82) is 0 Å². The minimum Gasteiger partial charge on any atom is -0.478 e. The Bertz CT molecular complexity index is 674. The van der Waals surface area contributed by atoms with E-state index in [-0.39, 0.29) is 16.3 Å². The first kappa shape index (κ1) is 13.9. The fourth-order valence-electron chi connectivity index (χ4n) is 1.55. The minimum atomic E-state index is -1.16. The number of hydrogen-bond acceptors (Lipinski definition) is 3. The summed E-state index contributed by atoms with van der Waals surface area (Å²) < 4.78 is 0. The van der Waals surface area contributed by atoms with E-state index in [1.165, 1.54) is 12.3 Å². The number of benzene rings is 1. The van der Waals surface area contributed by atoms with Crippen LogP contribution < -0.4 is 5.73 Å². The van der Waals surface area contributed by atoms with Gasteiger partial charge in [0.2, 0.25) is 0 Å². The number of carboxylic acids is 1. The molecule has 0 unspecified atom stereocenters. The van der Waals surface area contributed by atoms with Gasteiger partial charge in [0.15, 0.2) is 0 Å². The monoisotopic (exact) mass is 316 g/mol. The number of carbonyl (C=O) groups is 1. The predicted octanol–water partition coefficient (Wildman–Crippen LogP) is 3.99. The van der Waals surface area contributed by atoms with Gasteiger partial charge in [-0.15, -0.1) is 0 Å². The Hall–Kier alpha value is -1.49. The molecule has 0 spiro atoms. The third-order valence-electron chi connectivity index (χ3n) is 2.47. The van der Waals surface area contributed by atoms with Crippen LogP contribution in [0.2, 0.25) is 15.1 Å². The first-order valence-electron chi connectivity index (χ1n) is 5.04. The van der Waals surface area contributed by atoms with Crippen LogP contribution in [0.15, 0.2) is 24.4 Å². The van der Waals surface area contributed by atoms with Gasteiger partial charge in [0, 0.05) is 5.56 Å². The highest BCUT2D eigenvalue weighted by molar-refractivity contribution is 6.46. The van der Waals surface area contributed by atoms with E-state index in [4.69, 9.17) is 45.6 Å². The lowest BCUT2D eigenvalue weighted by Gasteiger charge is -2.09. The average Bonchev–Trinajstić information content (AvgIpc) is 2.36. The number of carboxylic acid groups (broad SMARTS) is 1. The quantitative estimate of drug-likeness (QED) is 0.821. The van der Waals surface area contributed by atoms with E-state index >= 15 is 0 Å². The maximum Gasteiger partial charge on any atom is 0.337 e. The van der Waals surface area contributed by atoms with Gasteiger partial charge >= 0.3 is 5.97 Å². The molecule has 98 valence electrons. The lowest BCUT2D eigenvalue weighted by molar-refractivity contribution is 0.0698. The summed E-state index contributed by atoms with van der Waals surface area (Å²) in [6, 6.07) is 4.41. The molecular weight excluding hydrogens is 311 g/mol. The van der Waals surface area contributed by atoms with E-state index in [1.807, 2.05) is 0 Å². The molecule has 3 N–H and O–H groups in total. The van der Waals surface area contributed by atoms with Gasteiger partial charge < -0.3 is 10.8 Å². The molecule has 0 aliphatic carbocycles. The normalized spacial score (nSPS) is 10.5. The molecule has 0 saturated heterocycles. The molecule has 0 aliphatic heterocycles. The molecule has 2 aromatic rings. The van der Waals surface area contributed by atoms with E-state index in [9.17, 15) is 4.79 Å². The second-order valence-corrected chi connectivity index (χ2v) is 4.87. The van der Waals surface area contributed by atoms with E-state index in [0.29, 0.717) is 21.3 Å². The van der Waals surface area contributed by atoms with Crippen LogP contribution in [0, 0.1) is 0 Å². The summed E-state index contributed by atoms with van der Waals surface area (Å²) >= 11 is 18.0. The molecule has 0 saturated carbocycles. The van der Waals surface area contributed by atoms with Gasteiger partial charge in [-0.3, -0.25) is 4.98 Å². The van der Waals surface area contributed by atoms with Crippen molar-refractivity contribution in [2.75, 3.05) is 5.73 Å². The summed E-state index contributed by atoms with van der Waals surface area (Å²) in [6.07, 6.45) is 1.24. The van der Waals surface area contributed by atoms with Crippen molar-refractivity contribution in [3.63, 3.8) is 0 Å². The van der Waals surface area contributed by atoms with Crippen LogP contribution in [0.5, 0.6) is 0 Å². The third-order valence-corrected chi connectivity index (χ3v) is 3.58. The number of nitrogens with two attached hydrogens (primary N) is 1. The number of aromatic carboxylic acids is 1. The molecule has 0 amide bonds. The van der Waals surface area contributed by atoms with E-state index in [1.54, 1.807) is 12.1 Å². The van der Waals surface area contributed by atoms with E-state index < -0.39 is 5.97 Å². The predicted molar refractivity (Wildman–Crippen MR) is 76.1 cm³/mol. The van der Waals surface area contributed by atoms with Gasteiger partial charge in [0.1, 0.15) is 0 Å². The summed E-state index contributed by atoms with van der Waals surface area (Å²) in [5.41, 5.74) is 6.20. The Morgan fingerprint density at radius 1 is 1.21 bits per heavy atom. The zero-order valence-corrected chi connectivity index (χ0v) is 11.6. The summed E-state index contributed by atoms with van der Waals surface area (Å²) in [6.45, 7) is 0. The molecule has 1 aromatic carbocycles. The first-order chi connectivity index (χ1) is 8.91. The van der Waals surface area contributed by atoms with E-state index in [2.05, 4.69) is 4.98 Å². The maximum absolute atomic E-state index is 11.0. The topological polar surface area (TPSA) is 76.2 Å². The second-order valence-electron chi connectivity index (χ2n) is 3.68. The molecule has 0 bridgehead atoms. The number of aromatic nitrogens is 1. The van der Waals surface area contributed by atoms with E-state index in [0.717, 1.165) is 0 Å². The number of halogens is 3. The molecule has 1 heterocycles. The van der Waals surface area contributed by atoms with Crippen LogP contribution >= 0.6 is 34.8 Å². The standard InChI is InChI=1S/C12H7Cl3N2O2/c13-6-1-2-7(14)11(15)10(6)9-3-5(12(18)19)8(16)4-17-9/h1-4H,16H2,(H,18,19). The first-order valence-corrected chi connectivity index (χ1v) is 6.18. The molecule has 0 aliphatic rings. The Kier molecular flexibility index (Phi) is 3.85. The smallest absolute Gasteiger partial charge is 0.337 e. The van der Waals surface area contributed by atoms with Crippen LogP contribution in [0.25, 0.3) is 11.3 Å². The highest BCUT2D eigenvalue weighted by atomic mass is 35.5. The number of nitrogen functional groups attached to an aromatic ring is 1. The van der Waals surface area contributed by atoms with Crippen molar-refractivity contribution < 1.29 is 9.90 Å². The van der Waals surface area contributed by atoms with Crippen molar-refractivity contribution in [3.8, 4) is 11.3 Å². The minimum absolute atomic E-state index is 0.0607. The van der Waals surface area contributed by atoms with Gasteiger partial charge in [-0.05, 0) is 18.2 Å². The second kappa shape index (κ2) is 5.25. The fraction of sp³-hybridized carbons (Fsp3) is 0. The van der Waals surface area contributed by atoms with Crippen molar-refractivity contribution in [2.45, 2.75) is 0 Å². The number of rotatable bonds is 2. The lowest BCUT2D eigenvalue weighted by atomic mass is 10.1. The molecule has 0 atom stereocenters. The third kappa shape index (κ3) is 2.61. The molecule has 4 nitrogen and oxygen atoms in total. The Morgan fingerprint density at radius 3 is 2.47 bits per heavy atom. The van der Waals surface area contributed by atoms with Crippen molar-refractivity contribution in [2.24, 2.45) is 0 Å². The highest BCUT2D eigenvalue weighted by Crippen LogP contribution is 2.38.